The van der Waals surface area contributed by atoms with E-state index in [0.29, 0.717) is 11.1 Å². The molecule has 1 N–H and O–H groups in total. The standard InChI is InChI=1S/C20H18O6/c1-12(2)19(23)25-13(3)26-20(24)17-11-7-5-9-15(17)14-8-4-6-10-16(14)18(21)22/h4-11,13H,1H2,2-3H3,(H,21,22). The fourth-order valence-corrected chi connectivity index (χ4v) is 2.29. The largest absolute Gasteiger partial charge is 0.478 e. The maximum Gasteiger partial charge on any atom is 0.341 e. The Bertz CT molecular complexity index is 868. The lowest BCUT2D eigenvalue weighted by atomic mass is 9.95. The summed E-state index contributed by atoms with van der Waals surface area (Å²) in [6.07, 6.45) is -1.12. The van der Waals surface area contributed by atoms with Crippen molar-refractivity contribution in [3.05, 3.63) is 71.8 Å². The zero-order valence-electron chi connectivity index (χ0n) is 14.4. The number of carbonyl (C=O) groups excluding carboxylic acids is 2. The van der Waals surface area contributed by atoms with Gasteiger partial charge >= 0.3 is 17.9 Å². The summed E-state index contributed by atoms with van der Waals surface area (Å²) < 4.78 is 10.1. The highest BCUT2D eigenvalue weighted by molar-refractivity contribution is 6.02. The zero-order valence-corrected chi connectivity index (χ0v) is 14.4. The average Bonchev–Trinajstić information content (AvgIpc) is 2.61. The number of benzene rings is 2. The first-order chi connectivity index (χ1) is 12.3. The highest BCUT2D eigenvalue weighted by atomic mass is 16.7. The number of esters is 2. The molecule has 0 aliphatic carbocycles. The van der Waals surface area contributed by atoms with Gasteiger partial charge in [0.2, 0.25) is 6.29 Å². The zero-order chi connectivity index (χ0) is 19.3. The van der Waals surface area contributed by atoms with Crippen LogP contribution in [0.4, 0.5) is 0 Å². The van der Waals surface area contributed by atoms with Gasteiger partial charge in [0.25, 0.3) is 0 Å². The summed E-state index contributed by atoms with van der Waals surface area (Å²) in [5, 5.41) is 9.37. The summed E-state index contributed by atoms with van der Waals surface area (Å²) in [5.41, 5.74) is 1.21. The number of aromatic carboxylic acids is 1. The maximum atomic E-state index is 12.5. The van der Waals surface area contributed by atoms with Gasteiger partial charge in [0.15, 0.2) is 0 Å². The second kappa shape index (κ2) is 8.11. The molecule has 0 saturated carbocycles. The van der Waals surface area contributed by atoms with Crippen molar-refractivity contribution in [1.82, 2.24) is 0 Å². The molecule has 134 valence electrons. The summed E-state index contributed by atoms with van der Waals surface area (Å²) in [4.78, 5) is 35.5. The lowest BCUT2D eigenvalue weighted by Crippen LogP contribution is -2.22. The van der Waals surface area contributed by atoms with E-state index in [1.165, 1.54) is 26.0 Å². The van der Waals surface area contributed by atoms with Gasteiger partial charge in [-0.25, -0.2) is 14.4 Å². The quantitative estimate of drug-likeness (QED) is 0.483. The van der Waals surface area contributed by atoms with Gasteiger partial charge in [-0.3, -0.25) is 0 Å². The molecule has 26 heavy (non-hydrogen) atoms. The Kier molecular flexibility index (Phi) is 5.90. The Balaban J connectivity index is 2.32. The molecule has 2 aromatic carbocycles. The molecule has 1 atom stereocenters. The molecule has 0 fully saturated rings. The average molecular weight is 354 g/mol. The van der Waals surface area contributed by atoms with E-state index in [1.807, 2.05) is 0 Å². The Morgan fingerprint density at radius 2 is 1.42 bits per heavy atom. The molecule has 0 spiro atoms. The molecule has 6 nitrogen and oxygen atoms in total. The monoisotopic (exact) mass is 354 g/mol. The molecule has 0 aliphatic heterocycles. The SMILES string of the molecule is C=C(C)C(=O)OC(C)OC(=O)c1ccccc1-c1ccccc1C(=O)O. The molecule has 0 amide bonds. The summed E-state index contributed by atoms with van der Waals surface area (Å²) in [7, 11) is 0. The topological polar surface area (TPSA) is 89.9 Å². The van der Waals surface area contributed by atoms with Crippen LogP contribution in [0.5, 0.6) is 0 Å². The Labute approximate surface area is 150 Å². The molecule has 0 heterocycles. The Morgan fingerprint density at radius 1 is 0.923 bits per heavy atom. The van der Waals surface area contributed by atoms with Gasteiger partial charge in [0.05, 0.1) is 11.1 Å². The number of carboxylic acids is 1. The van der Waals surface area contributed by atoms with E-state index >= 15 is 0 Å². The minimum absolute atomic E-state index is 0.0644. The van der Waals surface area contributed by atoms with Gasteiger partial charge in [-0.15, -0.1) is 0 Å². The van der Waals surface area contributed by atoms with Gasteiger partial charge in [-0.1, -0.05) is 43.0 Å². The van der Waals surface area contributed by atoms with Gasteiger partial charge in [0, 0.05) is 12.5 Å². The first-order valence-corrected chi connectivity index (χ1v) is 7.80. The van der Waals surface area contributed by atoms with E-state index in [0.717, 1.165) is 0 Å². The van der Waals surface area contributed by atoms with Crippen molar-refractivity contribution in [3.8, 4) is 11.1 Å². The molecule has 2 aromatic rings. The smallest absolute Gasteiger partial charge is 0.341 e. The van der Waals surface area contributed by atoms with Crippen LogP contribution < -0.4 is 0 Å². The predicted octanol–water partition coefficient (Wildman–Crippen LogP) is 3.67. The molecule has 6 heteroatoms. The van der Waals surface area contributed by atoms with E-state index < -0.39 is 24.2 Å². The van der Waals surface area contributed by atoms with Crippen molar-refractivity contribution < 1.29 is 29.0 Å². The van der Waals surface area contributed by atoms with E-state index in [9.17, 15) is 19.5 Å². The molecule has 0 aromatic heterocycles. The van der Waals surface area contributed by atoms with Crippen molar-refractivity contribution in [2.45, 2.75) is 20.1 Å². The van der Waals surface area contributed by atoms with E-state index in [2.05, 4.69) is 6.58 Å². The number of ether oxygens (including phenoxy) is 2. The van der Waals surface area contributed by atoms with Crippen LogP contribution in [0.25, 0.3) is 11.1 Å². The van der Waals surface area contributed by atoms with Crippen molar-refractivity contribution in [1.29, 1.82) is 0 Å². The third-order valence-corrected chi connectivity index (χ3v) is 3.49. The lowest BCUT2D eigenvalue weighted by Gasteiger charge is -2.16. The lowest BCUT2D eigenvalue weighted by molar-refractivity contribution is -0.160. The Hall–Kier alpha value is -3.41. The molecule has 1 unspecified atom stereocenters. The second-order valence-electron chi connectivity index (χ2n) is 5.55. The van der Waals surface area contributed by atoms with Crippen LogP contribution >= 0.6 is 0 Å². The Morgan fingerprint density at radius 3 is 1.96 bits per heavy atom. The van der Waals surface area contributed by atoms with E-state index in [1.54, 1.807) is 36.4 Å². The summed E-state index contributed by atoms with van der Waals surface area (Å²) in [6.45, 7) is 6.35. The van der Waals surface area contributed by atoms with Gasteiger partial charge < -0.3 is 14.6 Å². The second-order valence-corrected chi connectivity index (χ2v) is 5.55. The van der Waals surface area contributed by atoms with Crippen molar-refractivity contribution >= 4 is 17.9 Å². The van der Waals surface area contributed by atoms with Crippen LogP contribution in [0, 0.1) is 0 Å². The van der Waals surface area contributed by atoms with Crippen LogP contribution in [0.2, 0.25) is 0 Å². The van der Waals surface area contributed by atoms with Crippen LogP contribution in [0.15, 0.2) is 60.7 Å². The molecule has 2 rings (SSSR count). The normalized spacial score (nSPS) is 11.3. The third-order valence-electron chi connectivity index (χ3n) is 3.49. The first-order valence-electron chi connectivity index (χ1n) is 7.80. The van der Waals surface area contributed by atoms with Crippen molar-refractivity contribution in [2.75, 3.05) is 0 Å². The van der Waals surface area contributed by atoms with E-state index in [-0.39, 0.29) is 16.7 Å². The first kappa shape index (κ1) is 18.9. The number of carbonyl (C=O) groups is 3. The summed E-state index contributed by atoms with van der Waals surface area (Å²) in [5.74, 6) is -2.51. The number of carboxylic acid groups (broad SMARTS) is 1. The number of hydrogen-bond acceptors (Lipinski definition) is 5. The fraction of sp³-hybridized carbons (Fsp3) is 0.150. The molecular weight excluding hydrogens is 336 g/mol. The third kappa shape index (κ3) is 4.36. The summed E-state index contributed by atoms with van der Waals surface area (Å²) >= 11 is 0. The number of hydrogen-bond donors (Lipinski definition) is 1. The fourth-order valence-electron chi connectivity index (χ4n) is 2.29. The minimum Gasteiger partial charge on any atom is -0.478 e. The molecule has 0 bridgehead atoms. The predicted molar refractivity (Wildman–Crippen MR) is 94.6 cm³/mol. The van der Waals surface area contributed by atoms with E-state index in [4.69, 9.17) is 9.47 Å². The van der Waals surface area contributed by atoms with Crippen LogP contribution in [0.3, 0.4) is 0 Å². The maximum absolute atomic E-state index is 12.5. The number of rotatable bonds is 6. The molecule has 0 radical (unpaired) electrons. The minimum atomic E-state index is -1.12. The van der Waals surface area contributed by atoms with Gasteiger partial charge in [-0.05, 0) is 30.2 Å². The van der Waals surface area contributed by atoms with Crippen LogP contribution in [-0.2, 0) is 14.3 Å². The van der Waals surface area contributed by atoms with Gasteiger partial charge in [-0.2, -0.15) is 0 Å². The van der Waals surface area contributed by atoms with Crippen molar-refractivity contribution in [2.24, 2.45) is 0 Å². The highest BCUT2D eigenvalue weighted by Gasteiger charge is 2.21. The van der Waals surface area contributed by atoms with Crippen LogP contribution in [-0.4, -0.2) is 29.3 Å². The van der Waals surface area contributed by atoms with Crippen LogP contribution in [0.1, 0.15) is 34.6 Å². The highest BCUT2D eigenvalue weighted by Crippen LogP contribution is 2.28. The molecule has 0 aliphatic rings. The summed E-state index contributed by atoms with van der Waals surface area (Å²) in [6, 6.07) is 12.8. The molecular formula is C20H18O6. The molecule has 0 saturated heterocycles. The van der Waals surface area contributed by atoms with Crippen molar-refractivity contribution in [3.63, 3.8) is 0 Å². The van der Waals surface area contributed by atoms with Gasteiger partial charge in [0.1, 0.15) is 0 Å².